The van der Waals surface area contributed by atoms with E-state index < -0.39 is 0 Å². The van der Waals surface area contributed by atoms with E-state index in [0.29, 0.717) is 5.92 Å². The molecule has 0 aromatic heterocycles. The lowest BCUT2D eigenvalue weighted by Gasteiger charge is -2.40. The highest BCUT2D eigenvalue weighted by Crippen LogP contribution is 2.46. The third-order valence-corrected chi connectivity index (χ3v) is 5.89. The second-order valence-corrected chi connectivity index (χ2v) is 7.31. The fourth-order valence-corrected chi connectivity index (χ4v) is 4.64. The minimum Gasteiger partial charge on any atom is -0.388 e. The molecular weight excluding hydrogens is 256 g/mol. The third-order valence-electron chi connectivity index (χ3n) is 5.89. The van der Waals surface area contributed by atoms with Gasteiger partial charge in [-0.2, -0.15) is 0 Å². The van der Waals surface area contributed by atoms with Gasteiger partial charge in [0.25, 0.3) is 0 Å². The van der Waals surface area contributed by atoms with Crippen molar-refractivity contribution in [2.45, 2.75) is 70.8 Å². The van der Waals surface area contributed by atoms with E-state index in [4.69, 9.17) is 0 Å². The smallest absolute Gasteiger partial charge is 0.0818 e. The molecule has 3 rings (SSSR count). The minimum absolute atomic E-state index is 0.247. The molecule has 2 aliphatic rings. The lowest BCUT2D eigenvalue weighted by Crippen LogP contribution is -2.30. The third kappa shape index (κ3) is 3.51. The highest BCUT2D eigenvalue weighted by Gasteiger charge is 2.35. The summed E-state index contributed by atoms with van der Waals surface area (Å²) in [5.74, 6) is 2.35. The van der Waals surface area contributed by atoms with Crippen LogP contribution in [-0.2, 0) is 6.42 Å². The van der Waals surface area contributed by atoms with Gasteiger partial charge in [0.1, 0.15) is 0 Å². The van der Waals surface area contributed by atoms with E-state index in [9.17, 15) is 5.11 Å². The quantitative estimate of drug-likeness (QED) is 0.798. The van der Waals surface area contributed by atoms with Gasteiger partial charge in [-0.15, -0.1) is 0 Å². The van der Waals surface area contributed by atoms with Crippen LogP contribution < -0.4 is 0 Å². The van der Waals surface area contributed by atoms with Crippen LogP contribution in [0.25, 0.3) is 0 Å². The van der Waals surface area contributed by atoms with Gasteiger partial charge in [-0.1, -0.05) is 63.3 Å². The molecule has 0 heterocycles. The Bertz CT molecular complexity index is 436. The normalized spacial score (nSPS) is 30.7. The van der Waals surface area contributed by atoms with Crippen molar-refractivity contribution in [3.05, 3.63) is 35.4 Å². The molecule has 0 saturated heterocycles. The summed E-state index contributed by atoms with van der Waals surface area (Å²) >= 11 is 0. The fraction of sp³-hybridized carbons (Fsp3) is 0.700. The summed E-state index contributed by atoms with van der Waals surface area (Å²) in [7, 11) is 0. The molecule has 0 aliphatic heterocycles. The largest absolute Gasteiger partial charge is 0.388 e. The lowest BCUT2D eigenvalue weighted by molar-refractivity contribution is 0.0349. The first-order chi connectivity index (χ1) is 10.3. The number of hydrogen-bond acceptors (Lipinski definition) is 1. The van der Waals surface area contributed by atoms with Crippen LogP contribution >= 0.6 is 0 Å². The van der Waals surface area contributed by atoms with Crippen molar-refractivity contribution in [2.24, 2.45) is 17.8 Å². The maximum atomic E-state index is 10.8. The second kappa shape index (κ2) is 6.96. The first kappa shape index (κ1) is 15.1. The Balaban J connectivity index is 1.63. The van der Waals surface area contributed by atoms with Crippen LogP contribution in [0, 0.1) is 17.8 Å². The summed E-state index contributed by atoms with van der Waals surface area (Å²) in [6.45, 7) is 2.21. The summed E-state index contributed by atoms with van der Waals surface area (Å²) in [5.41, 5.74) is 2.53. The lowest BCUT2D eigenvalue weighted by atomic mass is 9.66. The molecule has 2 aliphatic carbocycles. The molecule has 0 amide bonds. The minimum atomic E-state index is -0.247. The maximum absolute atomic E-state index is 10.8. The van der Waals surface area contributed by atoms with Crippen LogP contribution in [0.3, 0.4) is 0 Å². The predicted octanol–water partition coefficient (Wildman–Crippen LogP) is 5.28. The molecule has 2 fully saturated rings. The maximum Gasteiger partial charge on any atom is 0.0818 e. The van der Waals surface area contributed by atoms with Crippen LogP contribution in [0.1, 0.15) is 75.5 Å². The van der Waals surface area contributed by atoms with Gasteiger partial charge >= 0.3 is 0 Å². The van der Waals surface area contributed by atoms with Crippen molar-refractivity contribution in [2.75, 3.05) is 0 Å². The van der Waals surface area contributed by atoms with Gasteiger partial charge in [-0.3, -0.25) is 0 Å². The molecule has 4 unspecified atom stereocenters. The van der Waals surface area contributed by atoms with Crippen LogP contribution in [0.4, 0.5) is 0 Å². The van der Waals surface area contributed by atoms with E-state index >= 15 is 0 Å². The number of aliphatic hydroxyl groups is 1. The van der Waals surface area contributed by atoms with Gasteiger partial charge in [0, 0.05) is 0 Å². The molecule has 0 bridgehead atoms. The molecule has 0 spiro atoms. The zero-order valence-electron chi connectivity index (χ0n) is 13.4. The van der Waals surface area contributed by atoms with Gasteiger partial charge in [0.05, 0.1) is 6.10 Å². The first-order valence-electron chi connectivity index (χ1n) is 9.05. The van der Waals surface area contributed by atoms with Crippen molar-refractivity contribution in [3.8, 4) is 0 Å². The molecule has 116 valence electrons. The number of rotatable bonds is 4. The molecular formula is C20H30O. The summed E-state index contributed by atoms with van der Waals surface area (Å²) in [4.78, 5) is 0. The standard InChI is InChI=1S/C20H30O/c1-2-5-15-8-10-17(11-9-15)20(21)19-13-12-16-6-3-4-7-18(16)14-19/h8-11,16,18-21H,2-7,12-14H2,1H3. The van der Waals surface area contributed by atoms with Crippen molar-refractivity contribution >= 4 is 0 Å². The van der Waals surface area contributed by atoms with Gasteiger partial charge in [0.2, 0.25) is 0 Å². The predicted molar refractivity (Wildman–Crippen MR) is 88.2 cm³/mol. The summed E-state index contributed by atoms with van der Waals surface area (Å²) in [6.07, 6.45) is 11.6. The molecule has 21 heavy (non-hydrogen) atoms. The SMILES string of the molecule is CCCc1ccc(C(O)C2CCC3CCCCC3C2)cc1. The van der Waals surface area contributed by atoms with E-state index in [-0.39, 0.29) is 6.10 Å². The number of aryl methyl sites for hydroxylation is 1. The molecule has 1 heteroatoms. The number of hydrogen-bond donors (Lipinski definition) is 1. The number of benzene rings is 1. The second-order valence-electron chi connectivity index (χ2n) is 7.31. The monoisotopic (exact) mass is 286 g/mol. The van der Waals surface area contributed by atoms with Crippen LogP contribution in [0.2, 0.25) is 0 Å². The van der Waals surface area contributed by atoms with Crippen molar-refractivity contribution < 1.29 is 5.11 Å². The molecule has 4 atom stereocenters. The summed E-state index contributed by atoms with van der Waals surface area (Å²) in [6, 6.07) is 8.72. The Morgan fingerprint density at radius 1 is 1.00 bits per heavy atom. The number of aliphatic hydroxyl groups excluding tert-OH is 1. The van der Waals surface area contributed by atoms with Crippen molar-refractivity contribution in [3.63, 3.8) is 0 Å². The average Bonchev–Trinajstić information content (AvgIpc) is 2.55. The van der Waals surface area contributed by atoms with Crippen LogP contribution in [0.5, 0.6) is 0 Å². The van der Waals surface area contributed by atoms with Gasteiger partial charge < -0.3 is 5.11 Å². The highest BCUT2D eigenvalue weighted by molar-refractivity contribution is 5.24. The van der Waals surface area contributed by atoms with E-state index in [2.05, 4.69) is 31.2 Å². The van der Waals surface area contributed by atoms with E-state index in [0.717, 1.165) is 23.8 Å². The molecule has 0 radical (unpaired) electrons. The molecule has 1 aromatic rings. The molecule has 1 aromatic carbocycles. The Hall–Kier alpha value is -0.820. The van der Waals surface area contributed by atoms with Gasteiger partial charge in [0.15, 0.2) is 0 Å². The van der Waals surface area contributed by atoms with Crippen LogP contribution in [-0.4, -0.2) is 5.11 Å². The fourth-order valence-electron chi connectivity index (χ4n) is 4.64. The average molecular weight is 286 g/mol. The Morgan fingerprint density at radius 2 is 1.71 bits per heavy atom. The Kier molecular flexibility index (Phi) is 5.00. The Morgan fingerprint density at radius 3 is 2.43 bits per heavy atom. The van der Waals surface area contributed by atoms with Gasteiger partial charge in [-0.25, -0.2) is 0 Å². The first-order valence-corrected chi connectivity index (χ1v) is 9.05. The van der Waals surface area contributed by atoms with Crippen molar-refractivity contribution in [1.29, 1.82) is 0 Å². The van der Waals surface area contributed by atoms with E-state index in [1.54, 1.807) is 0 Å². The Labute approximate surface area is 129 Å². The van der Waals surface area contributed by atoms with Gasteiger partial charge in [-0.05, 0) is 54.6 Å². The molecule has 1 nitrogen and oxygen atoms in total. The number of fused-ring (bicyclic) bond motifs is 1. The molecule has 2 saturated carbocycles. The molecule has 1 N–H and O–H groups in total. The summed E-state index contributed by atoms with van der Waals surface area (Å²) < 4.78 is 0. The van der Waals surface area contributed by atoms with E-state index in [1.807, 2.05) is 0 Å². The zero-order valence-corrected chi connectivity index (χ0v) is 13.4. The zero-order chi connectivity index (χ0) is 14.7. The van der Waals surface area contributed by atoms with Crippen molar-refractivity contribution in [1.82, 2.24) is 0 Å². The highest BCUT2D eigenvalue weighted by atomic mass is 16.3. The van der Waals surface area contributed by atoms with E-state index in [1.165, 1.54) is 56.9 Å². The summed E-state index contributed by atoms with van der Waals surface area (Å²) in [5, 5.41) is 10.8. The van der Waals surface area contributed by atoms with Crippen LogP contribution in [0.15, 0.2) is 24.3 Å². The topological polar surface area (TPSA) is 20.2 Å².